The number of ether oxygens (including phenoxy) is 2. The van der Waals surface area contributed by atoms with Gasteiger partial charge in [0, 0.05) is 23.3 Å². The molecular formula is C17H15N5O4S. The van der Waals surface area contributed by atoms with Gasteiger partial charge in [-0.25, -0.2) is 5.10 Å². The van der Waals surface area contributed by atoms with Crippen LogP contribution in [0.5, 0.6) is 11.5 Å². The van der Waals surface area contributed by atoms with Gasteiger partial charge in [0.2, 0.25) is 4.77 Å². The van der Waals surface area contributed by atoms with Crippen LogP contribution in [-0.4, -0.2) is 40.2 Å². The Bertz CT molecular complexity index is 1070. The third-order valence-electron chi connectivity index (χ3n) is 3.70. The summed E-state index contributed by atoms with van der Waals surface area (Å²) < 4.78 is 12.2. The van der Waals surface area contributed by atoms with Gasteiger partial charge in [0.25, 0.3) is 5.69 Å². The Kier molecular flexibility index (Phi) is 5.27. The van der Waals surface area contributed by atoms with Crippen molar-refractivity contribution in [3.05, 3.63) is 62.9 Å². The van der Waals surface area contributed by atoms with Crippen LogP contribution in [0.2, 0.25) is 0 Å². The standard InChI is InChI=1S/C17H15N5O4S/c1-25-14-7-6-12(9-15(14)26-2)16-19-20-17(27)21(16)18-10-11-4-3-5-13(8-11)22(23)24/h3-10H,1-2H3,(H,20,27)/b18-10-. The first-order chi connectivity index (χ1) is 13.0. The van der Waals surface area contributed by atoms with Gasteiger partial charge in [0.05, 0.1) is 25.4 Å². The second-order valence-corrected chi connectivity index (χ2v) is 5.72. The number of aromatic amines is 1. The van der Waals surface area contributed by atoms with Crippen LogP contribution in [-0.2, 0) is 0 Å². The number of nitro benzene ring substituents is 1. The molecule has 0 fully saturated rings. The summed E-state index contributed by atoms with van der Waals surface area (Å²) in [6, 6.07) is 11.4. The van der Waals surface area contributed by atoms with E-state index < -0.39 is 4.92 Å². The molecule has 138 valence electrons. The van der Waals surface area contributed by atoms with E-state index in [1.807, 2.05) is 0 Å². The van der Waals surface area contributed by atoms with Gasteiger partial charge in [0.1, 0.15) is 0 Å². The van der Waals surface area contributed by atoms with Crippen LogP contribution in [0.4, 0.5) is 5.69 Å². The fourth-order valence-corrected chi connectivity index (χ4v) is 2.58. The van der Waals surface area contributed by atoms with E-state index in [9.17, 15) is 10.1 Å². The number of methoxy groups -OCH3 is 2. The fraction of sp³-hybridized carbons (Fsp3) is 0.118. The number of aromatic nitrogens is 3. The van der Waals surface area contributed by atoms with Gasteiger partial charge in [-0.15, -0.1) is 0 Å². The molecule has 0 spiro atoms. The van der Waals surface area contributed by atoms with Crippen LogP contribution in [0.25, 0.3) is 11.4 Å². The average molecular weight is 385 g/mol. The van der Waals surface area contributed by atoms with Crippen LogP contribution in [0.3, 0.4) is 0 Å². The number of nitrogens with zero attached hydrogens (tertiary/aromatic N) is 4. The van der Waals surface area contributed by atoms with Crippen molar-refractivity contribution in [3.63, 3.8) is 0 Å². The maximum absolute atomic E-state index is 10.9. The number of benzene rings is 2. The highest BCUT2D eigenvalue weighted by atomic mass is 32.1. The molecule has 0 radical (unpaired) electrons. The van der Waals surface area contributed by atoms with Gasteiger partial charge in [0.15, 0.2) is 17.3 Å². The van der Waals surface area contributed by atoms with E-state index in [4.69, 9.17) is 21.7 Å². The molecule has 2 aromatic carbocycles. The van der Waals surface area contributed by atoms with Gasteiger partial charge in [-0.05, 0) is 30.4 Å². The van der Waals surface area contributed by atoms with Crippen molar-refractivity contribution in [2.45, 2.75) is 0 Å². The number of hydrogen-bond acceptors (Lipinski definition) is 7. The summed E-state index contributed by atoms with van der Waals surface area (Å²) in [6.45, 7) is 0. The van der Waals surface area contributed by atoms with Gasteiger partial charge in [-0.2, -0.15) is 14.9 Å². The highest BCUT2D eigenvalue weighted by Gasteiger charge is 2.12. The van der Waals surface area contributed by atoms with E-state index in [-0.39, 0.29) is 10.5 Å². The molecule has 10 heteroatoms. The lowest BCUT2D eigenvalue weighted by Crippen LogP contribution is -1.97. The molecule has 0 atom stereocenters. The van der Waals surface area contributed by atoms with Crippen LogP contribution in [0.1, 0.15) is 5.56 Å². The maximum Gasteiger partial charge on any atom is 0.270 e. The Balaban J connectivity index is 2.00. The second kappa shape index (κ2) is 7.79. The summed E-state index contributed by atoms with van der Waals surface area (Å²) in [5, 5.41) is 22.1. The summed E-state index contributed by atoms with van der Waals surface area (Å²) in [5.74, 6) is 1.59. The van der Waals surface area contributed by atoms with Crippen LogP contribution >= 0.6 is 12.2 Å². The molecule has 1 N–H and O–H groups in total. The molecule has 0 bridgehead atoms. The van der Waals surface area contributed by atoms with Crippen molar-refractivity contribution in [2.24, 2.45) is 5.10 Å². The van der Waals surface area contributed by atoms with Crippen molar-refractivity contribution in [1.82, 2.24) is 14.9 Å². The molecular weight excluding hydrogens is 370 g/mol. The molecule has 3 rings (SSSR count). The molecule has 0 aliphatic carbocycles. The Morgan fingerprint density at radius 1 is 1.22 bits per heavy atom. The van der Waals surface area contributed by atoms with Crippen molar-refractivity contribution < 1.29 is 14.4 Å². The van der Waals surface area contributed by atoms with Gasteiger partial charge < -0.3 is 9.47 Å². The van der Waals surface area contributed by atoms with Crippen molar-refractivity contribution >= 4 is 24.1 Å². The zero-order valence-corrected chi connectivity index (χ0v) is 15.3. The smallest absolute Gasteiger partial charge is 0.270 e. The van der Waals surface area contributed by atoms with Crippen molar-refractivity contribution in [2.75, 3.05) is 14.2 Å². The van der Waals surface area contributed by atoms with E-state index in [1.165, 1.54) is 23.0 Å². The summed E-state index contributed by atoms with van der Waals surface area (Å²) in [5.41, 5.74) is 1.25. The summed E-state index contributed by atoms with van der Waals surface area (Å²) in [4.78, 5) is 10.4. The topological polar surface area (TPSA) is 108 Å². The highest BCUT2D eigenvalue weighted by molar-refractivity contribution is 7.71. The minimum atomic E-state index is -0.462. The number of H-pyrrole nitrogens is 1. The summed E-state index contributed by atoms with van der Waals surface area (Å²) in [7, 11) is 3.09. The van der Waals surface area contributed by atoms with E-state index >= 15 is 0 Å². The SMILES string of the molecule is COc1ccc(-c2n[nH]c(=S)n2/N=C\c2cccc([N+](=O)[O-])c2)cc1OC. The average Bonchev–Trinajstić information content (AvgIpc) is 3.06. The normalized spacial score (nSPS) is 10.9. The predicted molar refractivity (Wildman–Crippen MR) is 102 cm³/mol. The molecule has 3 aromatic rings. The molecule has 1 heterocycles. The number of rotatable bonds is 6. The number of nitrogens with one attached hydrogen (secondary N) is 1. The third kappa shape index (κ3) is 3.85. The number of hydrogen-bond donors (Lipinski definition) is 1. The minimum Gasteiger partial charge on any atom is -0.493 e. The van der Waals surface area contributed by atoms with E-state index in [2.05, 4.69) is 15.3 Å². The summed E-state index contributed by atoms with van der Waals surface area (Å²) in [6.07, 6.45) is 1.47. The predicted octanol–water partition coefficient (Wildman–Crippen LogP) is 3.42. The lowest BCUT2D eigenvalue weighted by atomic mass is 10.2. The zero-order chi connectivity index (χ0) is 19.4. The molecule has 9 nitrogen and oxygen atoms in total. The molecule has 0 amide bonds. The Morgan fingerprint density at radius 2 is 2.00 bits per heavy atom. The Labute approximate surface area is 159 Å². The monoisotopic (exact) mass is 385 g/mol. The molecule has 1 aromatic heterocycles. The molecule has 0 saturated heterocycles. The third-order valence-corrected chi connectivity index (χ3v) is 3.96. The number of non-ortho nitro benzene ring substituents is 1. The molecule has 27 heavy (non-hydrogen) atoms. The van der Waals surface area contributed by atoms with Crippen molar-refractivity contribution in [3.8, 4) is 22.9 Å². The van der Waals surface area contributed by atoms with Gasteiger partial charge in [-0.1, -0.05) is 12.1 Å². The molecule has 0 saturated carbocycles. The fourth-order valence-electron chi connectivity index (χ4n) is 2.40. The van der Waals surface area contributed by atoms with E-state index in [1.54, 1.807) is 44.6 Å². The zero-order valence-electron chi connectivity index (χ0n) is 14.4. The van der Waals surface area contributed by atoms with Gasteiger partial charge in [-0.3, -0.25) is 10.1 Å². The minimum absolute atomic E-state index is 0.0187. The molecule has 0 aliphatic heterocycles. The van der Waals surface area contributed by atoms with Crippen molar-refractivity contribution in [1.29, 1.82) is 0 Å². The molecule has 0 aliphatic rings. The first kappa shape index (κ1) is 18.3. The lowest BCUT2D eigenvalue weighted by Gasteiger charge is -2.09. The lowest BCUT2D eigenvalue weighted by molar-refractivity contribution is -0.384. The largest absolute Gasteiger partial charge is 0.493 e. The highest BCUT2D eigenvalue weighted by Crippen LogP contribution is 2.31. The Morgan fingerprint density at radius 3 is 2.70 bits per heavy atom. The van der Waals surface area contributed by atoms with Gasteiger partial charge >= 0.3 is 0 Å². The summed E-state index contributed by atoms with van der Waals surface area (Å²) >= 11 is 5.23. The van der Waals surface area contributed by atoms with Crippen LogP contribution in [0, 0.1) is 14.9 Å². The molecule has 0 unspecified atom stereocenters. The number of nitro groups is 1. The van der Waals surface area contributed by atoms with Crippen LogP contribution < -0.4 is 9.47 Å². The first-order valence-electron chi connectivity index (χ1n) is 7.72. The second-order valence-electron chi connectivity index (χ2n) is 5.33. The van der Waals surface area contributed by atoms with Crippen LogP contribution in [0.15, 0.2) is 47.6 Å². The Hall–Kier alpha value is -3.53. The van der Waals surface area contributed by atoms with E-state index in [0.29, 0.717) is 28.5 Å². The van der Waals surface area contributed by atoms with E-state index in [0.717, 1.165) is 0 Å². The first-order valence-corrected chi connectivity index (χ1v) is 8.13. The quantitative estimate of drug-likeness (QED) is 0.301. The maximum atomic E-state index is 10.9.